The molecule has 1 aromatic heterocycles. The van der Waals surface area contributed by atoms with Crippen molar-refractivity contribution in [3.63, 3.8) is 0 Å². The summed E-state index contributed by atoms with van der Waals surface area (Å²) in [5, 5.41) is 0. The Kier molecular flexibility index (Phi) is 4.29. The Morgan fingerprint density at radius 1 is 1.21 bits per heavy atom. The quantitative estimate of drug-likeness (QED) is 0.790. The minimum absolute atomic E-state index is 0.0121. The maximum Gasteiger partial charge on any atom is 0.312 e. The summed E-state index contributed by atoms with van der Waals surface area (Å²) in [5.74, 6) is 2.11. The van der Waals surface area contributed by atoms with E-state index in [2.05, 4.69) is 14.9 Å². The van der Waals surface area contributed by atoms with E-state index in [-0.39, 0.29) is 11.4 Å². The number of anilines is 1. The summed E-state index contributed by atoms with van der Waals surface area (Å²) in [6, 6.07) is 0. The maximum absolute atomic E-state index is 12.0. The monoisotopic (exact) mass is 331 g/mol. The number of rotatable bonds is 4. The van der Waals surface area contributed by atoms with Gasteiger partial charge in [0.05, 0.1) is 31.0 Å². The standard InChI is InChI=1S/C18H25N3O3/c22-17-18(7-10-23-17)5-8-21(9-6-18)15-11-19-12-16(20-15)24-13-14-3-1-2-4-14/h11-12,14H,1-10,13H2. The summed E-state index contributed by atoms with van der Waals surface area (Å²) in [7, 11) is 0. The van der Waals surface area contributed by atoms with Crippen LogP contribution in [0.25, 0.3) is 0 Å². The molecule has 1 aliphatic carbocycles. The van der Waals surface area contributed by atoms with Gasteiger partial charge in [0.1, 0.15) is 0 Å². The lowest BCUT2D eigenvalue weighted by atomic mass is 9.77. The first-order chi connectivity index (χ1) is 11.8. The number of aromatic nitrogens is 2. The predicted molar refractivity (Wildman–Crippen MR) is 88.9 cm³/mol. The molecule has 24 heavy (non-hydrogen) atoms. The molecule has 2 saturated heterocycles. The summed E-state index contributed by atoms with van der Waals surface area (Å²) in [4.78, 5) is 23.1. The number of ether oxygens (including phenoxy) is 2. The zero-order chi connectivity index (χ0) is 16.4. The van der Waals surface area contributed by atoms with Crippen LogP contribution in [-0.4, -0.2) is 42.2 Å². The third-order valence-corrected chi connectivity index (χ3v) is 5.83. The number of carbonyl (C=O) groups excluding carboxylic acids is 1. The maximum atomic E-state index is 12.0. The van der Waals surface area contributed by atoms with E-state index < -0.39 is 0 Å². The summed E-state index contributed by atoms with van der Waals surface area (Å²) in [6.45, 7) is 2.95. The zero-order valence-corrected chi connectivity index (χ0v) is 14.1. The molecule has 0 N–H and O–H groups in total. The lowest BCUT2D eigenvalue weighted by Crippen LogP contribution is -2.42. The molecule has 6 heteroatoms. The van der Waals surface area contributed by atoms with Gasteiger partial charge >= 0.3 is 5.97 Å². The van der Waals surface area contributed by atoms with Gasteiger partial charge in [0.15, 0.2) is 5.82 Å². The lowest BCUT2D eigenvalue weighted by Gasteiger charge is -2.36. The Labute approximate surface area is 142 Å². The normalized spacial score (nSPS) is 23.7. The summed E-state index contributed by atoms with van der Waals surface area (Å²) in [5.41, 5.74) is -0.249. The molecule has 1 aromatic rings. The highest BCUT2D eigenvalue weighted by molar-refractivity contribution is 5.79. The summed E-state index contributed by atoms with van der Waals surface area (Å²) < 4.78 is 11.0. The fourth-order valence-electron chi connectivity index (χ4n) is 4.15. The van der Waals surface area contributed by atoms with Crippen molar-refractivity contribution < 1.29 is 14.3 Å². The molecule has 1 saturated carbocycles. The van der Waals surface area contributed by atoms with Crippen molar-refractivity contribution in [2.45, 2.75) is 44.9 Å². The van der Waals surface area contributed by atoms with Crippen molar-refractivity contribution in [3.05, 3.63) is 12.4 Å². The lowest BCUT2D eigenvalue weighted by molar-refractivity contribution is -0.147. The third-order valence-electron chi connectivity index (χ3n) is 5.83. The van der Waals surface area contributed by atoms with E-state index in [1.807, 2.05) is 0 Å². The van der Waals surface area contributed by atoms with E-state index in [4.69, 9.17) is 9.47 Å². The van der Waals surface area contributed by atoms with Gasteiger partial charge in [-0.15, -0.1) is 0 Å². The minimum atomic E-state index is -0.249. The average molecular weight is 331 g/mol. The van der Waals surface area contributed by atoms with E-state index in [1.54, 1.807) is 12.4 Å². The van der Waals surface area contributed by atoms with E-state index in [0.29, 0.717) is 18.4 Å². The van der Waals surface area contributed by atoms with Crippen molar-refractivity contribution in [1.82, 2.24) is 9.97 Å². The van der Waals surface area contributed by atoms with Crippen LogP contribution >= 0.6 is 0 Å². The van der Waals surface area contributed by atoms with Crippen LogP contribution in [0.3, 0.4) is 0 Å². The smallest absolute Gasteiger partial charge is 0.312 e. The molecule has 0 atom stereocenters. The molecular weight excluding hydrogens is 306 g/mol. The van der Waals surface area contributed by atoms with Crippen LogP contribution < -0.4 is 9.64 Å². The number of cyclic esters (lactones) is 1. The molecule has 0 unspecified atom stereocenters. The van der Waals surface area contributed by atoms with Crippen LogP contribution in [0.4, 0.5) is 5.82 Å². The fraction of sp³-hybridized carbons (Fsp3) is 0.722. The second kappa shape index (κ2) is 6.57. The van der Waals surface area contributed by atoms with Gasteiger partial charge in [-0.25, -0.2) is 0 Å². The molecule has 6 nitrogen and oxygen atoms in total. The van der Waals surface area contributed by atoms with Gasteiger partial charge in [0, 0.05) is 13.1 Å². The molecule has 4 rings (SSSR count). The molecule has 0 amide bonds. The molecule has 1 spiro atoms. The van der Waals surface area contributed by atoms with Gasteiger partial charge in [-0.05, 0) is 38.0 Å². The van der Waals surface area contributed by atoms with Crippen molar-refractivity contribution >= 4 is 11.8 Å². The number of nitrogens with zero attached hydrogens (tertiary/aromatic N) is 3. The average Bonchev–Trinajstić information content (AvgIpc) is 3.25. The zero-order valence-electron chi connectivity index (χ0n) is 14.1. The Hall–Kier alpha value is -1.85. The van der Waals surface area contributed by atoms with Crippen molar-refractivity contribution in [2.75, 3.05) is 31.2 Å². The van der Waals surface area contributed by atoms with Gasteiger partial charge in [-0.3, -0.25) is 9.78 Å². The van der Waals surface area contributed by atoms with Gasteiger partial charge in [-0.1, -0.05) is 12.8 Å². The van der Waals surface area contributed by atoms with Crippen LogP contribution in [0.15, 0.2) is 12.4 Å². The summed E-state index contributed by atoms with van der Waals surface area (Å²) in [6.07, 6.45) is 11.2. The van der Waals surface area contributed by atoms with E-state index in [0.717, 1.165) is 44.8 Å². The number of hydrogen-bond donors (Lipinski definition) is 0. The Balaban J connectivity index is 1.36. The van der Waals surface area contributed by atoms with Crippen LogP contribution in [0.1, 0.15) is 44.9 Å². The largest absolute Gasteiger partial charge is 0.476 e. The van der Waals surface area contributed by atoms with E-state index in [1.165, 1.54) is 25.7 Å². The summed E-state index contributed by atoms with van der Waals surface area (Å²) >= 11 is 0. The Morgan fingerprint density at radius 3 is 2.71 bits per heavy atom. The Morgan fingerprint density at radius 2 is 2.00 bits per heavy atom. The molecule has 130 valence electrons. The van der Waals surface area contributed by atoms with Crippen LogP contribution in [0.2, 0.25) is 0 Å². The number of hydrogen-bond acceptors (Lipinski definition) is 6. The van der Waals surface area contributed by atoms with Crippen molar-refractivity contribution in [3.8, 4) is 5.88 Å². The number of piperidine rings is 1. The molecule has 0 radical (unpaired) electrons. The highest BCUT2D eigenvalue weighted by Crippen LogP contribution is 2.41. The fourth-order valence-corrected chi connectivity index (χ4v) is 4.15. The van der Waals surface area contributed by atoms with Crippen molar-refractivity contribution in [1.29, 1.82) is 0 Å². The van der Waals surface area contributed by atoms with Gasteiger partial charge in [-0.2, -0.15) is 4.98 Å². The molecule has 0 aromatic carbocycles. The molecule has 3 aliphatic rings. The Bertz CT molecular complexity index is 593. The van der Waals surface area contributed by atoms with Crippen LogP contribution in [0.5, 0.6) is 5.88 Å². The molecule has 0 bridgehead atoms. The molecular formula is C18H25N3O3. The van der Waals surface area contributed by atoms with Crippen LogP contribution in [-0.2, 0) is 9.53 Å². The predicted octanol–water partition coefficient (Wildman–Crippen LogP) is 2.58. The van der Waals surface area contributed by atoms with Gasteiger partial charge in [0.2, 0.25) is 5.88 Å². The molecule has 2 aliphatic heterocycles. The number of carbonyl (C=O) groups is 1. The van der Waals surface area contributed by atoms with Crippen molar-refractivity contribution in [2.24, 2.45) is 11.3 Å². The number of esters is 1. The topological polar surface area (TPSA) is 64.5 Å². The first-order valence-electron chi connectivity index (χ1n) is 9.12. The first kappa shape index (κ1) is 15.7. The van der Waals surface area contributed by atoms with E-state index >= 15 is 0 Å². The van der Waals surface area contributed by atoms with E-state index in [9.17, 15) is 4.79 Å². The second-order valence-corrected chi connectivity index (χ2v) is 7.33. The van der Waals surface area contributed by atoms with Crippen LogP contribution in [0, 0.1) is 11.3 Å². The highest BCUT2D eigenvalue weighted by Gasteiger charge is 2.46. The van der Waals surface area contributed by atoms with Gasteiger partial charge in [0.25, 0.3) is 0 Å². The van der Waals surface area contributed by atoms with Gasteiger partial charge < -0.3 is 14.4 Å². The SMILES string of the molecule is O=C1OCCC12CCN(c1cncc(OCC3CCCC3)n1)CC2. The third kappa shape index (κ3) is 3.06. The first-order valence-corrected chi connectivity index (χ1v) is 9.12. The second-order valence-electron chi connectivity index (χ2n) is 7.33. The minimum Gasteiger partial charge on any atom is -0.476 e. The highest BCUT2D eigenvalue weighted by atomic mass is 16.5. The molecule has 3 fully saturated rings. The molecule has 3 heterocycles.